The number of esters is 3. The third-order valence-corrected chi connectivity index (χ3v) is 3.36. The van der Waals surface area contributed by atoms with Crippen LogP contribution in [0.3, 0.4) is 0 Å². The third-order valence-electron chi connectivity index (χ3n) is 3.36. The minimum absolute atomic E-state index is 0.262. The molecule has 1 aromatic rings. The van der Waals surface area contributed by atoms with E-state index in [2.05, 4.69) is 29.2 Å². The summed E-state index contributed by atoms with van der Waals surface area (Å²) in [6.07, 6.45) is 6.66. The van der Waals surface area contributed by atoms with Crippen molar-refractivity contribution in [1.29, 1.82) is 0 Å². The zero-order valence-corrected chi connectivity index (χ0v) is 21.0. The monoisotopic (exact) mass is 474 g/mol. The van der Waals surface area contributed by atoms with Gasteiger partial charge in [0.1, 0.15) is 5.60 Å². The lowest BCUT2D eigenvalue weighted by Crippen LogP contribution is -2.24. The summed E-state index contributed by atoms with van der Waals surface area (Å²) in [6, 6.07) is 9.74. The van der Waals surface area contributed by atoms with E-state index < -0.39 is 17.3 Å². The highest BCUT2D eigenvalue weighted by molar-refractivity contribution is 5.92. The summed E-state index contributed by atoms with van der Waals surface area (Å²) in [5.74, 6) is -2.02. The Morgan fingerprint density at radius 1 is 1.00 bits per heavy atom. The fourth-order valence-corrected chi connectivity index (χ4v) is 1.76. The van der Waals surface area contributed by atoms with Gasteiger partial charge in [-0.1, -0.05) is 62.9 Å². The molecule has 34 heavy (non-hydrogen) atoms. The number of aliphatic hydroxyl groups is 1. The fraction of sp³-hybridized carbons (Fsp3) is 0.370. The number of carbonyl (C=O) groups excluding carboxylic acids is 3. The van der Waals surface area contributed by atoms with Gasteiger partial charge in [0.05, 0.1) is 18.8 Å². The van der Waals surface area contributed by atoms with E-state index in [-0.39, 0.29) is 18.5 Å². The Morgan fingerprint density at radius 2 is 1.59 bits per heavy atom. The van der Waals surface area contributed by atoms with Gasteiger partial charge in [0.15, 0.2) is 5.76 Å². The first-order chi connectivity index (χ1) is 15.9. The van der Waals surface area contributed by atoms with Crippen LogP contribution < -0.4 is 0 Å². The summed E-state index contributed by atoms with van der Waals surface area (Å²) >= 11 is 0. The molecule has 0 saturated carbocycles. The molecule has 0 aliphatic rings. The van der Waals surface area contributed by atoms with E-state index in [0.717, 1.165) is 18.4 Å². The van der Waals surface area contributed by atoms with Gasteiger partial charge in [-0.05, 0) is 52.3 Å². The van der Waals surface area contributed by atoms with E-state index >= 15 is 0 Å². The molecule has 0 fully saturated rings. The molecule has 0 aromatic heterocycles. The van der Waals surface area contributed by atoms with Crippen molar-refractivity contribution >= 4 is 24.0 Å². The molecule has 7 heteroatoms. The number of unbranched alkanes of at least 4 members (excludes halogenated alkanes) is 1. The second-order valence-corrected chi connectivity index (χ2v) is 7.66. The molecule has 0 bridgehead atoms. The molecule has 0 aliphatic heterocycles. The molecule has 0 atom stereocenters. The molecule has 1 N–H and O–H groups in total. The molecule has 0 heterocycles. The van der Waals surface area contributed by atoms with Crippen molar-refractivity contribution in [1.82, 2.24) is 0 Å². The molecule has 1 aromatic carbocycles. The number of hydrogen-bond acceptors (Lipinski definition) is 7. The quantitative estimate of drug-likeness (QED) is 0.122. The fourth-order valence-electron chi connectivity index (χ4n) is 1.76. The number of benzene rings is 1. The molecule has 7 nitrogen and oxygen atoms in total. The smallest absolute Gasteiger partial charge is 0.372 e. The maximum atomic E-state index is 11.6. The third kappa shape index (κ3) is 20.3. The second-order valence-electron chi connectivity index (χ2n) is 7.66. The molecule has 188 valence electrons. The zero-order valence-electron chi connectivity index (χ0n) is 21.0. The van der Waals surface area contributed by atoms with Crippen LogP contribution in [-0.2, 0) is 28.6 Å². The van der Waals surface area contributed by atoms with Gasteiger partial charge in [-0.15, -0.1) is 0 Å². The van der Waals surface area contributed by atoms with Crippen LogP contribution in [0.4, 0.5) is 0 Å². The van der Waals surface area contributed by atoms with Gasteiger partial charge in [-0.25, -0.2) is 14.4 Å². The molecule has 0 aliphatic carbocycles. The first-order valence-corrected chi connectivity index (χ1v) is 10.9. The van der Waals surface area contributed by atoms with Crippen LogP contribution in [0.1, 0.15) is 53.0 Å². The molecular formula is C27H38O7. The van der Waals surface area contributed by atoms with E-state index in [4.69, 9.17) is 9.84 Å². The van der Waals surface area contributed by atoms with Crippen LogP contribution in [0.25, 0.3) is 6.08 Å². The summed E-state index contributed by atoms with van der Waals surface area (Å²) in [5, 5.41) is 8.28. The lowest BCUT2D eigenvalue weighted by atomic mass is 10.1. The van der Waals surface area contributed by atoms with Gasteiger partial charge in [-0.2, -0.15) is 0 Å². The summed E-state index contributed by atoms with van der Waals surface area (Å²) in [4.78, 5) is 32.1. The predicted molar refractivity (Wildman–Crippen MR) is 135 cm³/mol. The van der Waals surface area contributed by atoms with Crippen LogP contribution in [0.15, 0.2) is 73.6 Å². The van der Waals surface area contributed by atoms with E-state index in [1.165, 1.54) is 6.08 Å². The Kier molecular flexibility index (Phi) is 18.1. The second kappa shape index (κ2) is 18.9. The highest BCUT2D eigenvalue weighted by Gasteiger charge is 2.17. The molecule has 0 spiro atoms. The minimum atomic E-state index is -0.757. The number of ether oxygens (including phenoxy) is 3. The van der Waals surface area contributed by atoms with Gasteiger partial charge in [0, 0.05) is 6.08 Å². The molecule has 0 amide bonds. The van der Waals surface area contributed by atoms with Crippen molar-refractivity contribution < 1.29 is 33.7 Å². The molecule has 0 saturated heterocycles. The number of carbonyl (C=O) groups is 3. The number of rotatable bonds is 9. The average Bonchev–Trinajstić information content (AvgIpc) is 2.78. The molecular weight excluding hydrogens is 436 g/mol. The molecule has 0 radical (unpaired) electrons. The van der Waals surface area contributed by atoms with Crippen LogP contribution in [-0.4, -0.2) is 41.8 Å². The maximum Gasteiger partial charge on any atom is 0.372 e. The van der Waals surface area contributed by atoms with Crippen LogP contribution in [0.5, 0.6) is 0 Å². The van der Waals surface area contributed by atoms with Crippen LogP contribution in [0, 0.1) is 0 Å². The number of hydrogen-bond donors (Lipinski definition) is 1. The Balaban J connectivity index is 0. The van der Waals surface area contributed by atoms with Gasteiger partial charge < -0.3 is 19.3 Å². The first-order valence-electron chi connectivity index (χ1n) is 10.9. The lowest BCUT2D eigenvalue weighted by Gasteiger charge is -2.19. The number of aliphatic hydroxyl groups excluding tert-OH is 1. The Morgan fingerprint density at radius 3 is 2.00 bits per heavy atom. The normalized spacial score (nSPS) is 9.91. The SMILES string of the molecule is C=C(C=Cc1ccccc1)C(=O)OC(C)(C)C.C=C(O)C(=O)OCC.C=CC(=O)OCCCC. The van der Waals surface area contributed by atoms with E-state index in [1.807, 2.05) is 64.1 Å². The predicted octanol–water partition coefficient (Wildman–Crippen LogP) is 5.73. The van der Waals surface area contributed by atoms with Gasteiger partial charge in [0.2, 0.25) is 0 Å². The van der Waals surface area contributed by atoms with Crippen molar-refractivity contribution in [3.05, 3.63) is 79.1 Å². The van der Waals surface area contributed by atoms with Crippen LogP contribution in [0.2, 0.25) is 0 Å². The summed E-state index contributed by atoms with van der Waals surface area (Å²) < 4.78 is 14.2. The topological polar surface area (TPSA) is 99.1 Å². The Hall–Kier alpha value is -3.61. The van der Waals surface area contributed by atoms with Gasteiger partial charge in [-0.3, -0.25) is 0 Å². The van der Waals surface area contributed by atoms with Crippen molar-refractivity contribution in [3.8, 4) is 0 Å². The Labute approximate surface area is 203 Å². The summed E-state index contributed by atoms with van der Waals surface area (Å²) in [6.45, 7) is 19.9. The van der Waals surface area contributed by atoms with E-state index in [0.29, 0.717) is 12.2 Å². The first kappa shape index (κ1) is 32.6. The Bertz CT molecular complexity index is 815. The van der Waals surface area contributed by atoms with Crippen LogP contribution >= 0.6 is 0 Å². The average molecular weight is 475 g/mol. The van der Waals surface area contributed by atoms with Gasteiger partial charge >= 0.3 is 17.9 Å². The zero-order chi connectivity index (χ0) is 26.6. The van der Waals surface area contributed by atoms with Crippen molar-refractivity contribution in [2.45, 2.75) is 53.1 Å². The van der Waals surface area contributed by atoms with Crippen molar-refractivity contribution in [2.75, 3.05) is 13.2 Å². The van der Waals surface area contributed by atoms with E-state index in [1.54, 1.807) is 13.0 Å². The lowest BCUT2D eigenvalue weighted by molar-refractivity contribution is -0.149. The summed E-state index contributed by atoms with van der Waals surface area (Å²) in [7, 11) is 0. The van der Waals surface area contributed by atoms with Gasteiger partial charge in [0.25, 0.3) is 0 Å². The maximum absolute atomic E-state index is 11.6. The summed E-state index contributed by atoms with van der Waals surface area (Å²) in [5.41, 5.74) is 0.890. The van der Waals surface area contributed by atoms with E-state index in [9.17, 15) is 14.4 Å². The highest BCUT2D eigenvalue weighted by atomic mass is 16.6. The minimum Gasteiger partial charge on any atom is -0.502 e. The largest absolute Gasteiger partial charge is 0.502 e. The molecule has 0 unspecified atom stereocenters. The highest BCUT2D eigenvalue weighted by Crippen LogP contribution is 2.12. The standard InChI is InChI=1S/C15H18O2.C7H12O2.C5H8O3/c1-12(14(16)17-15(2,3)4)10-11-13-8-6-5-7-9-13;1-3-5-6-9-7(8)4-2;1-3-8-5(7)4(2)6/h5-11H,1H2,2-4H3;4H,2-3,5-6H2,1H3;6H,2-3H2,1H3. The van der Waals surface area contributed by atoms with Crippen molar-refractivity contribution in [3.63, 3.8) is 0 Å². The van der Waals surface area contributed by atoms with Crippen molar-refractivity contribution in [2.24, 2.45) is 0 Å². The molecule has 1 rings (SSSR count).